The number of aryl methyl sites for hydroxylation is 2. The van der Waals surface area contributed by atoms with Gasteiger partial charge in [0, 0.05) is 0 Å². The van der Waals surface area contributed by atoms with Crippen LogP contribution in [0.5, 0.6) is 23.0 Å². The maximum absolute atomic E-state index is 12.5. The number of nitrogens with zero attached hydrogens (tertiary/aromatic N) is 1. The van der Waals surface area contributed by atoms with Gasteiger partial charge in [-0.1, -0.05) is 6.07 Å². The zero-order valence-corrected chi connectivity index (χ0v) is 20.2. The van der Waals surface area contributed by atoms with Gasteiger partial charge < -0.3 is 18.9 Å². The minimum Gasteiger partial charge on any atom is -0.494 e. The number of benzene rings is 3. The van der Waals surface area contributed by atoms with Crippen molar-refractivity contribution in [3.05, 3.63) is 82.9 Å². The average Bonchev–Trinajstić information content (AvgIpc) is 2.86. The molecule has 3 aromatic rings. The van der Waals surface area contributed by atoms with Crippen molar-refractivity contribution in [1.82, 2.24) is 5.43 Å². The van der Waals surface area contributed by atoms with Gasteiger partial charge in [0.05, 0.1) is 25.5 Å². The van der Waals surface area contributed by atoms with E-state index in [0.29, 0.717) is 35.0 Å². The molecule has 0 unspecified atom stereocenters. The Labute approximate surface area is 204 Å². The van der Waals surface area contributed by atoms with E-state index < -0.39 is 11.9 Å². The van der Waals surface area contributed by atoms with E-state index in [1.54, 1.807) is 42.5 Å². The van der Waals surface area contributed by atoms with E-state index in [4.69, 9.17) is 18.9 Å². The van der Waals surface area contributed by atoms with Crippen LogP contribution < -0.4 is 24.4 Å². The number of carbonyl (C=O) groups excluding carboxylic acids is 2. The highest BCUT2D eigenvalue weighted by molar-refractivity contribution is 5.92. The minimum absolute atomic E-state index is 0.163. The fourth-order valence-corrected chi connectivity index (χ4v) is 3.03. The van der Waals surface area contributed by atoms with Crippen molar-refractivity contribution < 1.29 is 28.5 Å². The highest BCUT2D eigenvalue weighted by Crippen LogP contribution is 2.28. The standard InChI is InChI=1S/C27H28N2O6/c1-5-33-22-11-8-21(9-12-22)27(31)35-24-13-7-20(15-25(24)32-4)16-28-29-26(30)17-34-23-10-6-18(2)19(3)14-23/h6-16H,5,17H2,1-4H3,(H,29,30)/b28-16+. The average molecular weight is 477 g/mol. The predicted octanol–water partition coefficient (Wildman–Crippen LogP) is 4.46. The van der Waals surface area contributed by atoms with E-state index in [9.17, 15) is 9.59 Å². The number of amides is 1. The molecule has 1 N–H and O–H groups in total. The third-order valence-corrected chi connectivity index (χ3v) is 5.04. The predicted molar refractivity (Wildman–Crippen MR) is 133 cm³/mol. The zero-order chi connectivity index (χ0) is 25.2. The molecule has 0 radical (unpaired) electrons. The summed E-state index contributed by atoms with van der Waals surface area (Å²) < 4.78 is 21.7. The fourth-order valence-electron chi connectivity index (χ4n) is 3.03. The molecule has 0 bridgehead atoms. The largest absolute Gasteiger partial charge is 0.494 e. The molecule has 0 fully saturated rings. The van der Waals surface area contributed by atoms with Gasteiger partial charge in [-0.2, -0.15) is 5.10 Å². The summed E-state index contributed by atoms with van der Waals surface area (Å²) in [4.78, 5) is 24.5. The Morgan fingerprint density at radius 1 is 0.886 bits per heavy atom. The lowest BCUT2D eigenvalue weighted by molar-refractivity contribution is -0.123. The smallest absolute Gasteiger partial charge is 0.343 e. The van der Waals surface area contributed by atoms with Gasteiger partial charge >= 0.3 is 5.97 Å². The summed E-state index contributed by atoms with van der Waals surface area (Å²) in [5.41, 5.74) is 5.67. The summed E-state index contributed by atoms with van der Waals surface area (Å²) >= 11 is 0. The van der Waals surface area contributed by atoms with Crippen molar-refractivity contribution in [2.24, 2.45) is 5.10 Å². The molecule has 3 aromatic carbocycles. The van der Waals surface area contributed by atoms with Crippen LogP contribution in [-0.4, -0.2) is 38.4 Å². The van der Waals surface area contributed by atoms with Crippen molar-refractivity contribution in [3.63, 3.8) is 0 Å². The molecule has 0 atom stereocenters. The number of nitrogens with one attached hydrogen (secondary N) is 1. The third-order valence-electron chi connectivity index (χ3n) is 5.04. The normalized spacial score (nSPS) is 10.6. The summed E-state index contributed by atoms with van der Waals surface area (Å²) in [6.07, 6.45) is 1.45. The number of esters is 1. The van der Waals surface area contributed by atoms with E-state index in [1.165, 1.54) is 13.3 Å². The van der Waals surface area contributed by atoms with E-state index in [-0.39, 0.29) is 12.4 Å². The Bertz CT molecular complexity index is 1200. The molecule has 0 saturated carbocycles. The van der Waals surface area contributed by atoms with Crippen LogP contribution in [0.25, 0.3) is 0 Å². The number of hydrogen-bond donors (Lipinski definition) is 1. The third kappa shape index (κ3) is 7.33. The molecule has 0 aliphatic carbocycles. The van der Waals surface area contributed by atoms with Crippen molar-refractivity contribution >= 4 is 18.1 Å². The summed E-state index contributed by atoms with van der Waals surface area (Å²) in [6.45, 7) is 6.25. The van der Waals surface area contributed by atoms with Crippen LogP contribution in [0.1, 0.15) is 34.0 Å². The first-order valence-corrected chi connectivity index (χ1v) is 11.0. The Balaban J connectivity index is 1.55. The van der Waals surface area contributed by atoms with Crippen molar-refractivity contribution in [1.29, 1.82) is 0 Å². The Kier molecular flexibility index (Phi) is 8.83. The van der Waals surface area contributed by atoms with Gasteiger partial charge in [-0.15, -0.1) is 0 Å². The van der Waals surface area contributed by atoms with Crippen LogP contribution in [0.3, 0.4) is 0 Å². The second-order valence-electron chi connectivity index (χ2n) is 7.59. The molecule has 8 nitrogen and oxygen atoms in total. The van der Waals surface area contributed by atoms with Gasteiger partial charge in [-0.25, -0.2) is 10.2 Å². The summed E-state index contributed by atoms with van der Waals surface area (Å²) in [5.74, 6) is 0.977. The second-order valence-corrected chi connectivity index (χ2v) is 7.59. The van der Waals surface area contributed by atoms with Crippen LogP contribution in [0, 0.1) is 13.8 Å². The molecule has 1 amide bonds. The summed E-state index contributed by atoms with van der Waals surface area (Å²) in [5, 5.41) is 3.94. The van der Waals surface area contributed by atoms with Crippen LogP contribution in [0.4, 0.5) is 0 Å². The van der Waals surface area contributed by atoms with Crippen molar-refractivity contribution in [3.8, 4) is 23.0 Å². The number of rotatable bonds is 10. The maximum Gasteiger partial charge on any atom is 0.343 e. The topological polar surface area (TPSA) is 95.5 Å². The summed E-state index contributed by atoms with van der Waals surface area (Å²) in [6, 6.07) is 17.2. The molecule has 0 aliphatic rings. The first-order valence-electron chi connectivity index (χ1n) is 11.0. The van der Waals surface area contributed by atoms with Crippen molar-refractivity contribution in [2.45, 2.75) is 20.8 Å². The first-order chi connectivity index (χ1) is 16.9. The monoisotopic (exact) mass is 476 g/mol. The lowest BCUT2D eigenvalue weighted by atomic mass is 10.1. The van der Waals surface area contributed by atoms with Crippen LogP contribution in [0.2, 0.25) is 0 Å². The van der Waals surface area contributed by atoms with Gasteiger partial charge in [0.2, 0.25) is 0 Å². The van der Waals surface area contributed by atoms with Crippen LogP contribution in [0.15, 0.2) is 65.8 Å². The Morgan fingerprint density at radius 2 is 1.63 bits per heavy atom. The van der Waals surface area contributed by atoms with E-state index >= 15 is 0 Å². The maximum atomic E-state index is 12.5. The van der Waals surface area contributed by atoms with Gasteiger partial charge in [0.25, 0.3) is 5.91 Å². The lowest BCUT2D eigenvalue weighted by Gasteiger charge is -2.10. The van der Waals surface area contributed by atoms with Crippen molar-refractivity contribution in [2.75, 3.05) is 20.3 Å². The fraction of sp³-hybridized carbons (Fsp3) is 0.222. The highest BCUT2D eigenvalue weighted by Gasteiger charge is 2.13. The zero-order valence-electron chi connectivity index (χ0n) is 20.2. The van der Waals surface area contributed by atoms with Gasteiger partial charge in [0.15, 0.2) is 18.1 Å². The Morgan fingerprint density at radius 3 is 2.31 bits per heavy atom. The number of methoxy groups -OCH3 is 1. The molecule has 0 aromatic heterocycles. The Hall–Kier alpha value is -4.33. The first kappa shape index (κ1) is 25.3. The van der Waals surface area contributed by atoms with Gasteiger partial charge in [-0.05, 0) is 92.1 Å². The molecular formula is C27H28N2O6. The molecular weight excluding hydrogens is 448 g/mol. The molecule has 0 saturated heterocycles. The lowest BCUT2D eigenvalue weighted by Crippen LogP contribution is -2.24. The number of ether oxygens (including phenoxy) is 4. The van der Waals surface area contributed by atoms with Crippen LogP contribution in [-0.2, 0) is 4.79 Å². The van der Waals surface area contributed by atoms with Crippen LogP contribution >= 0.6 is 0 Å². The van der Waals surface area contributed by atoms with Gasteiger partial charge in [-0.3, -0.25) is 4.79 Å². The minimum atomic E-state index is -0.524. The molecule has 182 valence electrons. The molecule has 0 heterocycles. The quantitative estimate of drug-likeness (QED) is 0.201. The molecule has 0 aliphatic heterocycles. The number of carbonyl (C=O) groups is 2. The van der Waals surface area contributed by atoms with E-state index in [0.717, 1.165) is 11.1 Å². The molecule has 0 spiro atoms. The SMILES string of the molecule is CCOc1ccc(C(=O)Oc2ccc(/C=N/NC(=O)COc3ccc(C)c(C)c3)cc2OC)cc1. The molecule has 3 rings (SSSR count). The highest BCUT2D eigenvalue weighted by atomic mass is 16.6. The number of hydrazone groups is 1. The van der Waals surface area contributed by atoms with E-state index in [2.05, 4.69) is 10.5 Å². The van der Waals surface area contributed by atoms with Gasteiger partial charge in [0.1, 0.15) is 11.5 Å². The second kappa shape index (κ2) is 12.2. The van der Waals surface area contributed by atoms with E-state index in [1.807, 2.05) is 39.0 Å². The molecule has 35 heavy (non-hydrogen) atoms. The molecule has 8 heteroatoms. The number of hydrogen-bond acceptors (Lipinski definition) is 7. The summed E-state index contributed by atoms with van der Waals surface area (Å²) in [7, 11) is 1.47.